The molecule has 0 unspecified atom stereocenters. The first-order valence-electron chi connectivity index (χ1n) is 10.8. The fraction of sp³-hybridized carbons (Fsp3) is 0.500. The van der Waals surface area contributed by atoms with Gasteiger partial charge in [0.15, 0.2) is 5.96 Å². The molecule has 1 aromatic carbocycles. The van der Waals surface area contributed by atoms with Crippen LogP contribution in [0.25, 0.3) is 11.3 Å². The number of hydrogen-bond acceptors (Lipinski definition) is 3. The van der Waals surface area contributed by atoms with Crippen LogP contribution in [-0.2, 0) is 11.3 Å². The van der Waals surface area contributed by atoms with Crippen LogP contribution in [-0.4, -0.2) is 37.7 Å². The summed E-state index contributed by atoms with van der Waals surface area (Å²) in [5.74, 6) is 0.888. The molecule has 1 saturated carbocycles. The molecular weight excluding hydrogens is 487 g/mol. The highest BCUT2D eigenvalue weighted by molar-refractivity contribution is 14.0. The van der Waals surface area contributed by atoms with Crippen molar-refractivity contribution in [3.63, 3.8) is 0 Å². The Morgan fingerprint density at radius 1 is 1.13 bits per heavy atom. The number of methoxy groups -OCH3 is 1. The maximum atomic E-state index is 5.36. The molecule has 2 aromatic rings. The Bertz CT molecular complexity index is 776. The number of ether oxygens (including phenoxy) is 1. The molecule has 0 spiro atoms. The second kappa shape index (κ2) is 12.9. The molecule has 1 aromatic heterocycles. The van der Waals surface area contributed by atoms with Crippen molar-refractivity contribution < 1.29 is 4.74 Å². The minimum Gasteiger partial charge on any atom is -0.385 e. The van der Waals surface area contributed by atoms with Crippen LogP contribution < -0.4 is 10.6 Å². The first kappa shape index (κ1) is 24.6. The van der Waals surface area contributed by atoms with Crippen LogP contribution in [0, 0.1) is 5.41 Å². The van der Waals surface area contributed by atoms with Crippen molar-refractivity contribution >= 4 is 29.9 Å². The Kier molecular flexibility index (Phi) is 10.6. The van der Waals surface area contributed by atoms with E-state index < -0.39 is 0 Å². The summed E-state index contributed by atoms with van der Waals surface area (Å²) >= 11 is 0. The van der Waals surface area contributed by atoms with Gasteiger partial charge in [0.2, 0.25) is 0 Å². The lowest BCUT2D eigenvalue weighted by Crippen LogP contribution is -2.43. The number of hydrogen-bond donors (Lipinski definition) is 2. The number of nitrogens with one attached hydrogen (secondary N) is 2. The molecule has 30 heavy (non-hydrogen) atoms. The van der Waals surface area contributed by atoms with E-state index in [4.69, 9.17) is 9.73 Å². The predicted octanol–water partition coefficient (Wildman–Crippen LogP) is 5.02. The van der Waals surface area contributed by atoms with E-state index in [1.54, 1.807) is 7.11 Å². The van der Waals surface area contributed by atoms with Crippen LogP contribution in [0.15, 0.2) is 53.7 Å². The van der Waals surface area contributed by atoms with Gasteiger partial charge in [0.1, 0.15) is 0 Å². The topological polar surface area (TPSA) is 58.5 Å². The minimum atomic E-state index is 0. The minimum absolute atomic E-state index is 0. The first-order chi connectivity index (χ1) is 14.2. The second-order valence-corrected chi connectivity index (χ2v) is 7.91. The average molecular weight is 522 g/mol. The van der Waals surface area contributed by atoms with Crippen LogP contribution >= 0.6 is 24.0 Å². The van der Waals surface area contributed by atoms with Crippen molar-refractivity contribution in [1.29, 1.82) is 0 Å². The summed E-state index contributed by atoms with van der Waals surface area (Å²) in [4.78, 5) is 9.28. The van der Waals surface area contributed by atoms with Gasteiger partial charge in [-0.05, 0) is 55.4 Å². The molecule has 0 atom stereocenters. The molecule has 1 aliphatic carbocycles. The molecule has 164 valence electrons. The van der Waals surface area contributed by atoms with Crippen molar-refractivity contribution in [2.45, 2.75) is 45.6 Å². The zero-order valence-electron chi connectivity index (χ0n) is 18.2. The SMILES string of the molecule is CCNC(=NCc1cccc(-c2ccccn2)c1)NCC1(CCOC)CCCC1.I. The van der Waals surface area contributed by atoms with E-state index in [1.807, 2.05) is 24.4 Å². The summed E-state index contributed by atoms with van der Waals surface area (Å²) in [6.07, 6.45) is 8.13. The second-order valence-electron chi connectivity index (χ2n) is 7.91. The zero-order valence-corrected chi connectivity index (χ0v) is 20.5. The zero-order chi connectivity index (χ0) is 20.4. The maximum absolute atomic E-state index is 5.36. The lowest BCUT2D eigenvalue weighted by atomic mass is 9.83. The summed E-state index contributed by atoms with van der Waals surface area (Å²) in [6.45, 7) is 5.38. The van der Waals surface area contributed by atoms with Crippen LogP contribution in [0.5, 0.6) is 0 Å². The molecule has 0 saturated heterocycles. The number of aromatic nitrogens is 1. The van der Waals surface area contributed by atoms with Crippen LogP contribution in [0.2, 0.25) is 0 Å². The van der Waals surface area contributed by atoms with E-state index in [-0.39, 0.29) is 24.0 Å². The molecule has 0 amide bonds. The Hall–Kier alpha value is -1.67. The maximum Gasteiger partial charge on any atom is 0.191 e. The van der Waals surface area contributed by atoms with Crippen LogP contribution in [0.4, 0.5) is 0 Å². The van der Waals surface area contributed by atoms with E-state index in [0.717, 1.165) is 43.3 Å². The molecule has 0 bridgehead atoms. The summed E-state index contributed by atoms with van der Waals surface area (Å²) in [5, 5.41) is 6.99. The quantitative estimate of drug-likeness (QED) is 0.276. The van der Waals surface area contributed by atoms with Gasteiger partial charge >= 0.3 is 0 Å². The largest absolute Gasteiger partial charge is 0.385 e. The average Bonchev–Trinajstić information content (AvgIpc) is 3.24. The summed E-state index contributed by atoms with van der Waals surface area (Å²) in [6, 6.07) is 14.5. The Labute approximate surface area is 198 Å². The summed E-state index contributed by atoms with van der Waals surface area (Å²) in [7, 11) is 1.79. The highest BCUT2D eigenvalue weighted by Crippen LogP contribution is 2.40. The number of halogens is 1. The molecule has 0 aliphatic heterocycles. The number of aliphatic imine (C=N–C) groups is 1. The van der Waals surface area contributed by atoms with Crippen LogP contribution in [0.3, 0.4) is 0 Å². The molecule has 3 rings (SSSR count). The number of pyridine rings is 1. The van der Waals surface area contributed by atoms with E-state index in [2.05, 4.69) is 46.8 Å². The number of guanidine groups is 1. The van der Waals surface area contributed by atoms with Crippen molar-refractivity contribution in [1.82, 2.24) is 15.6 Å². The molecule has 6 heteroatoms. The van der Waals surface area contributed by atoms with E-state index in [0.29, 0.717) is 12.0 Å². The number of rotatable bonds is 9. The normalized spacial score (nSPS) is 15.5. The van der Waals surface area contributed by atoms with E-state index >= 15 is 0 Å². The van der Waals surface area contributed by atoms with Crippen molar-refractivity contribution in [3.05, 3.63) is 54.2 Å². The predicted molar refractivity (Wildman–Crippen MR) is 135 cm³/mol. The van der Waals surface area contributed by atoms with Gasteiger partial charge in [-0.15, -0.1) is 24.0 Å². The fourth-order valence-corrected chi connectivity index (χ4v) is 4.10. The third-order valence-electron chi connectivity index (χ3n) is 5.78. The molecular formula is C24H35IN4O. The van der Waals surface area contributed by atoms with Gasteiger partial charge in [0.25, 0.3) is 0 Å². The van der Waals surface area contributed by atoms with Crippen molar-refractivity contribution in [2.24, 2.45) is 10.4 Å². The van der Waals surface area contributed by atoms with Gasteiger partial charge in [-0.25, -0.2) is 4.99 Å². The van der Waals surface area contributed by atoms with Gasteiger partial charge in [-0.1, -0.05) is 37.1 Å². The molecule has 0 radical (unpaired) electrons. The Morgan fingerprint density at radius 2 is 1.97 bits per heavy atom. The van der Waals surface area contributed by atoms with Gasteiger partial charge in [-0.3, -0.25) is 4.98 Å². The molecule has 1 aliphatic rings. The smallest absolute Gasteiger partial charge is 0.191 e. The molecule has 2 N–H and O–H groups in total. The molecule has 1 fully saturated rings. The highest BCUT2D eigenvalue weighted by atomic mass is 127. The van der Waals surface area contributed by atoms with Gasteiger partial charge < -0.3 is 15.4 Å². The highest BCUT2D eigenvalue weighted by Gasteiger charge is 2.33. The number of benzene rings is 1. The Morgan fingerprint density at radius 3 is 2.67 bits per heavy atom. The first-order valence-corrected chi connectivity index (χ1v) is 10.8. The monoisotopic (exact) mass is 522 g/mol. The van der Waals surface area contributed by atoms with E-state index in [9.17, 15) is 0 Å². The van der Waals surface area contributed by atoms with Crippen LogP contribution in [0.1, 0.15) is 44.6 Å². The molecule has 1 heterocycles. The number of nitrogens with zero attached hydrogens (tertiary/aromatic N) is 2. The third-order valence-corrected chi connectivity index (χ3v) is 5.78. The third kappa shape index (κ3) is 7.23. The Balaban J connectivity index is 0.00000320. The summed E-state index contributed by atoms with van der Waals surface area (Å²) < 4.78 is 5.36. The fourth-order valence-electron chi connectivity index (χ4n) is 4.10. The standard InChI is InChI=1S/C24H34N4O.HI/c1-3-25-23(28-19-24(14-16-29-2)12-5-6-13-24)27-18-20-9-8-10-21(17-20)22-11-4-7-15-26-22;/h4,7-11,15,17H,3,5-6,12-14,16,18-19H2,1-2H3,(H2,25,27,28);1H. The van der Waals surface area contributed by atoms with Crippen molar-refractivity contribution in [2.75, 3.05) is 26.8 Å². The van der Waals surface area contributed by atoms with Gasteiger partial charge in [0, 0.05) is 38.6 Å². The summed E-state index contributed by atoms with van der Waals surface area (Å²) in [5.41, 5.74) is 3.64. The van der Waals surface area contributed by atoms with Crippen molar-refractivity contribution in [3.8, 4) is 11.3 Å². The lowest BCUT2D eigenvalue weighted by molar-refractivity contribution is 0.138. The van der Waals surface area contributed by atoms with Gasteiger partial charge in [-0.2, -0.15) is 0 Å². The lowest BCUT2D eigenvalue weighted by Gasteiger charge is -2.30. The molecule has 5 nitrogen and oxygen atoms in total. The van der Waals surface area contributed by atoms with E-state index in [1.165, 1.54) is 31.2 Å². The van der Waals surface area contributed by atoms with Gasteiger partial charge in [0.05, 0.1) is 12.2 Å².